The smallest absolute Gasteiger partial charge is 0.251 e. The fraction of sp³-hybridized carbons (Fsp3) is 0.143. The minimum absolute atomic E-state index is 0.0226. The molecule has 0 bridgehead atoms. The third-order valence-corrected chi connectivity index (χ3v) is 4.70. The highest BCUT2D eigenvalue weighted by Gasteiger charge is 2.18. The maximum absolute atomic E-state index is 14.5. The first-order valence-corrected chi connectivity index (χ1v) is 8.84. The van der Waals surface area contributed by atoms with Crippen molar-refractivity contribution < 1.29 is 13.9 Å². The number of halogens is 2. The van der Waals surface area contributed by atoms with Gasteiger partial charge in [-0.3, -0.25) is 0 Å². The minimum Gasteiger partial charge on any atom is -0.396 e. The first-order valence-electron chi connectivity index (χ1n) is 8.84. The Morgan fingerprint density at radius 3 is 2.76 bits per heavy atom. The van der Waals surface area contributed by atoms with Gasteiger partial charge in [-0.2, -0.15) is 14.9 Å². The van der Waals surface area contributed by atoms with Gasteiger partial charge in [0.15, 0.2) is 0 Å². The largest absolute Gasteiger partial charge is 0.396 e. The number of benzene rings is 2. The van der Waals surface area contributed by atoms with Gasteiger partial charge in [0.05, 0.1) is 42.0 Å². The highest BCUT2D eigenvalue weighted by Crippen LogP contribution is 2.32. The van der Waals surface area contributed by atoms with E-state index < -0.39 is 11.6 Å². The number of aromatic nitrogens is 4. The Bertz CT molecular complexity index is 1260. The third-order valence-electron chi connectivity index (χ3n) is 4.70. The van der Waals surface area contributed by atoms with Gasteiger partial charge in [-0.05, 0) is 30.3 Å². The molecule has 4 aromatic rings. The molecule has 2 heterocycles. The number of imidazole rings is 1. The summed E-state index contributed by atoms with van der Waals surface area (Å²) in [6, 6.07) is 10.1. The van der Waals surface area contributed by atoms with Gasteiger partial charge in [-0.15, -0.1) is 0 Å². The van der Waals surface area contributed by atoms with Crippen molar-refractivity contribution >= 4 is 5.78 Å². The number of nitriles is 1. The average Bonchev–Trinajstić information content (AvgIpc) is 3.17. The predicted octanol–water partition coefficient (Wildman–Crippen LogP) is 3.70. The summed E-state index contributed by atoms with van der Waals surface area (Å²) in [7, 11) is 0. The van der Waals surface area contributed by atoms with E-state index in [1.807, 2.05) is 13.0 Å². The standard InChI is InChI=1S/C21H15F2N5O/c1-12(11-29)18-9-26-28-19(10-25-21(28)27-18)13-5-6-16(22)15(7-13)20-14(8-24)3-2-4-17(20)23/h2-7,9-10,12,29H,11H2,1H3. The van der Waals surface area contributed by atoms with Crippen LogP contribution in [-0.2, 0) is 0 Å². The van der Waals surface area contributed by atoms with Gasteiger partial charge in [0.25, 0.3) is 5.78 Å². The van der Waals surface area contributed by atoms with E-state index in [9.17, 15) is 19.1 Å². The van der Waals surface area contributed by atoms with Crippen molar-refractivity contribution in [2.75, 3.05) is 6.61 Å². The van der Waals surface area contributed by atoms with Gasteiger partial charge in [0.1, 0.15) is 11.6 Å². The highest BCUT2D eigenvalue weighted by molar-refractivity contribution is 5.76. The van der Waals surface area contributed by atoms with Crippen molar-refractivity contribution in [2.45, 2.75) is 12.8 Å². The number of rotatable bonds is 4. The van der Waals surface area contributed by atoms with E-state index in [1.54, 1.807) is 0 Å². The average molecular weight is 391 g/mol. The number of fused-ring (bicyclic) bond motifs is 1. The number of nitrogens with zero attached hydrogens (tertiary/aromatic N) is 5. The second-order valence-corrected chi connectivity index (χ2v) is 6.59. The summed E-state index contributed by atoms with van der Waals surface area (Å²) in [5.41, 5.74) is 1.60. The lowest BCUT2D eigenvalue weighted by molar-refractivity contribution is 0.271. The molecule has 29 heavy (non-hydrogen) atoms. The second kappa shape index (κ2) is 7.37. The van der Waals surface area contributed by atoms with Crippen LogP contribution in [0.25, 0.3) is 28.2 Å². The number of aliphatic hydroxyl groups is 1. The summed E-state index contributed by atoms with van der Waals surface area (Å²) < 4.78 is 30.4. The van der Waals surface area contributed by atoms with Crippen molar-refractivity contribution in [1.29, 1.82) is 5.26 Å². The molecule has 0 fully saturated rings. The SMILES string of the molecule is CC(CO)c1cnn2c(-c3ccc(F)c(-c4c(F)cccc4C#N)c3)cnc2n1. The molecule has 4 rings (SSSR count). The minimum atomic E-state index is -0.680. The van der Waals surface area contributed by atoms with E-state index in [1.165, 1.54) is 53.3 Å². The Morgan fingerprint density at radius 1 is 1.17 bits per heavy atom. The molecule has 0 aliphatic heterocycles. The Labute approximate surface area is 164 Å². The molecule has 0 saturated carbocycles. The predicted molar refractivity (Wildman–Crippen MR) is 102 cm³/mol. The van der Waals surface area contributed by atoms with Crippen LogP contribution in [0.2, 0.25) is 0 Å². The Kier molecular flexibility index (Phi) is 4.74. The second-order valence-electron chi connectivity index (χ2n) is 6.59. The summed E-state index contributed by atoms with van der Waals surface area (Å²) in [5, 5.41) is 22.9. The van der Waals surface area contributed by atoms with Crippen LogP contribution in [0.15, 0.2) is 48.8 Å². The molecule has 0 saturated heterocycles. The number of aliphatic hydroxyl groups excluding tert-OH is 1. The molecule has 0 aliphatic carbocycles. The van der Waals surface area contributed by atoms with Crippen LogP contribution in [-0.4, -0.2) is 31.3 Å². The summed E-state index contributed by atoms with van der Waals surface area (Å²) in [6.07, 6.45) is 3.07. The zero-order valence-electron chi connectivity index (χ0n) is 15.3. The van der Waals surface area contributed by atoms with Gasteiger partial charge in [-0.1, -0.05) is 13.0 Å². The maximum Gasteiger partial charge on any atom is 0.251 e. The van der Waals surface area contributed by atoms with Crippen LogP contribution in [0.1, 0.15) is 24.1 Å². The molecular weight excluding hydrogens is 376 g/mol. The van der Waals surface area contributed by atoms with Gasteiger partial charge in [0, 0.05) is 22.6 Å². The fourth-order valence-corrected chi connectivity index (χ4v) is 3.08. The first kappa shape index (κ1) is 18.7. The monoisotopic (exact) mass is 391 g/mol. The summed E-state index contributed by atoms with van der Waals surface area (Å²) in [4.78, 5) is 8.62. The molecule has 0 spiro atoms. The van der Waals surface area contributed by atoms with Crippen LogP contribution in [0.5, 0.6) is 0 Å². The summed E-state index contributed by atoms with van der Waals surface area (Å²) >= 11 is 0. The molecule has 1 unspecified atom stereocenters. The highest BCUT2D eigenvalue weighted by atomic mass is 19.1. The Morgan fingerprint density at radius 2 is 2.00 bits per heavy atom. The van der Waals surface area contributed by atoms with Crippen LogP contribution in [0.3, 0.4) is 0 Å². The topological polar surface area (TPSA) is 87.1 Å². The molecule has 1 atom stereocenters. The molecule has 0 amide bonds. The molecule has 6 nitrogen and oxygen atoms in total. The Hall–Kier alpha value is -3.70. The van der Waals surface area contributed by atoms with Gasteiger partial charge in [0.2, 0.25) is 0 Å². The van der Waals surface area contributed by atoms with Crippen LogP contribution >= 0.6 is 0 Å². The van der Waals surface area contributed by atoms with E-state index in [4.69, 9.17) is 0 Å². The normalized spacial score (nSPS) is 12.1. The van der Waals surface area contributed by atoms with Crippen molar-refractivity contribution in [3.05, 3.63) is 71.7 Å². The maximum atomic E-state index is 14.5. The van der Waals surface area contributed by atoms with E-state index in [0.717, 1.165) is 0 Å². The van der Waals surface area contributed by atoms with Crippen LogP contribution < -0.4 is 0 Å². The molecule has 144 valence electrons. The van der Waals surface area contributed by atoms with Gasteiger partial charge >= 0.3 is 0 Å². The fourth-order valence-electron chi connectivity index (χ4n) is 3.08. The molecule has 8 heteroatoms. The molecule has 0 aliphatic rings. The van der Waals surface area contributed by atoms with Gasteiger partial charge < -0.3 is 5.11 Å². The summed E-state index contributed by atoms with van der Waals surface area (Å²) in [5.74, 6) is -1.18. The van der Waals surface area contributed by atoms with Crippen LogP contribution in [0, 0.1) is 23.0 Å². The zero-order chi connectivity index (χ0) is 20.5. The Balaban J connectivity index is 1.86. The van der Waals surface area contributed by atoms with Crippen molar-refractivity contribution in [1.82, 2.24) is 19.6 Å². The van der Waals surface area contributed by atoms with E-state index in [2.05, 4.69) is 15.1 Å². The summed E-state index contributed by atoms with van der Waals surface area (Å²) in [6.45, 7) is 1.75. The molecule has 2 aromatic carbocycles. The van der Waals surface area contributed by atoms with E-state index >= 15 is 0 Å². The third kappa shape index (κ3) is 3.22. The molecular formula is C21H15F2N5O. The lowest BCUT2D eigenvalue weighted by Gasteiger charge is -2.10. The zero-order valence-corrected chi connectivity index (χ0v) is 15.3. The van der Waals surface area contributed by atoms with Crippen LogP contribution in [0.4, 0.5) is 8.78 Å². The molecule has 0 radical (unpaired) electrons. The van der Waals surface area contributed by atoms with E-state index in [0.29, 0.717) is 22.7 Å². The number of hydrogen-bond acceptors (Lipinski definition) is 5. The van der Waals surface area contributed by atoms with Crippen molar-refractivity contribution in [2.24, 2.45) is 0 Å². The number of hydrogen-bond donors (Lipinski definition) is 1. The van der Waals surface area contributed by atoms with Crippen molar-refractivity contribution in [3.63, 3.8) is 0 Å². The molecule has 1 N–H and O–H groups in total. The first-order chi connectivity index (χ1) is 14.0. The van der Waals surface area contributed by atoms with Crippen molar-refractivity contribution in [3.8, 4) is 28.5 Å². The lowest BCUT2D eigenvalue weighted by Crippen LogP contribution is -2.06. The lowest BCUT2D eigenvalue weighted by atomic mass is 9.97. The van der Waals surface area contributed by atoms with E-state index in [-0.39, 0.29) is 29.2 Å². The molecule has 2 aromatic heterocycles. The quantitative estimate of drug-likeness (QED) is 0.573. The van der Waals surface area contributed by atoms with Gasteiger partial charge in [-0.25, -0.2) is 18.7 Å².